The number of halogens is 1. The number of anilines is 1. The molecule has 0 unspecified atom stereocenters. The maximum atomic E-state index is 12.5. The fourth-order valence-corrected chi connectivity index (χ4v) is 4.26. The molecule has 0 bridgehead atoms. The van der Waals surface area contributed by atoms with Gasteiger partial charge in [-0.1, -0.05) is 52.9 Å². The largest absolute Gasteiger partial charge is 0.497 e. The quantitative estimate of drug-likeness (QED) is 0.355. The van der Waals surface area contributed by atoms with Crippen LogP contribution in [0.5, 0.6) is 11.5 Å². The van der Waals surface area contributed by atoms with Crippen molar-refractivity contribution in [3.8, 4) is 11.5 Å². The number of carbonyl (C=O) groups is 2. The summed E-state index contributed by atoms with van der Waals surface area (Å²) in [4.78, 5) is 24.6. The molecule has 8 nitrogen and oxygen atoms in total. The number of nitrogens with one attached hydrogen (secondary N) is 2. The van der Waals surface area contributed by atoms with Crippen molar-refractivity contribution >= 4 is 51.6 Å². The standard InChI is InChI=1S/C20H19ClN4O4S2/c1-28-13-7-8-14(16(9-13)29-2)18(27)23-19-24-25-20(31-19)30-11-17(26)22-10-12-5-3-4-6-15(12)21/h3-9H,10-11H2,1-2H3,(H,22,26)(H,23,24,27). The first-order chi connectivity index (χ1) is 15.0. The Kier molecular flexibility index (Phi) is 8.10. The van der Waals surface area contributed by atoms with E-state index < -0.39 is 0 Å². The fraction of sp³-hybridized carbons (Fsp3) is 0.200. The van der Waals surface area contributed by atoms with Crippen LogP contribution >= 0.6 is 34.7 Å². The van der Waals surface area contributed by atoms with Gasteiger partial charge in [0.1, 0.15) is 11.5 Å². The van der Waals surface area contributed by atoms with E-state index in [2.05, 4.69) is 20.8 Å². The number of hydrogen-bond acceptors (Lipinski definition) is 8. The van der Waals surface area contributed by atoms with Crippen molar-refractivity contribution in [2.45, 2.75) is 10.9 Å². The number of amides is 2. The number of benzene rings is 2. The second-order valence-corrected chi connectivity index (χ2v) is 8.66. The Morgan fingerprint density at radius 2 is 1.94 bits per heavy atom. The highest BCUT2D eigenvalue weighted by Gasteiger charge is 2.16. The lowest BCUT2D eigenvalue weighted by atomic mass is 10.2. The van der Waals surface area contributed by atoms with E-state index in [1.807, 2.05) is 18.2 Å². The smallest absolute Gasteiger partial charge is 0.261 e. The van der Waals surface area contributed by atoms with Crippen molar-refractivity contribution in [1.29, 1.82) is 0 Å². The van der Waals surface area contributed by atoms with E-state index in [0.29, 0.717) is 38.1 Å². The minimum Gasteiger partial charge on any atom is -0.497 e. The topological polar surface area (TPSA) is 102 Å². The van der Waals surface area contributed by atoms with Gasteiger partial charge >= 0.3 is 0 Å². The molecule has 1 heterocycles. The normalized spacial score (nSPS) is 10.4. The average Bonchev–Trinajstić information content (AvgIpc) is 3.23. The van der Waals surface area contributed by atoms with Crippen molar-refractivity contribution in [2.24, 2.45) is 0 Å². The summed E-state index contributed by atoms with van der Waals surface area (Å²) < 4.78 is 10.9. The van der Waals surface area contributed by atoms with E-state index in [1.165, 1.54) is 37.3 Å². The highest BCUT2D eigenvalue weighted by molar-refractivity contribution is 8.01. The Hall–Kier alpha value is -2.82. The fourth-order valence-electron chi connectivity index (χ4n) is 2.48. The third kappa shape index (κ3) is 6.33. The van der Waals surface area contributed by atoms with Crippen molar-refractivity contribution in [1.82, 2.24) is 15.5 Å². The lowest BCUT2D eigenvalue weighted by molar-refractivity contribution is -0.118. The van der Waals surface area contributed by atoms with Gasteiger partial charge < -0.3 is 14.8 Å². The highest BCUT2D eigenvalue weighted by atomic mass is 35.5. The van der Waals surface area contributed by atoms with Crippen LogP contribution < -0.4 is 20.1 Å². The number of rotatable bonds is 9. The van der Waals surface area contributed by atoms with Crippen LogP contribution in [0.3, 0.4) is 0 Å². The molecule has 2 aromatic carbocycles. The number of hydrogen-bond donors (Lipinski definition) is 2. The summed E-state index contributed by atoms with van der Waals surface area (Å²) in [5.74, 6) is 0.583. The van der Waals surface area contributed by atoms with Gasteiger partial charge in [-0.15, -0.1) is 10.2 Å². The summed E-state index contributed by atoms with van der Waals surface area (Å²) in [6, 6.07) is 12.2. The maximum absolute atomic E-state index is 12.5. The third-order valence-electron chi connectivity index (χ3n) is 4.04. The number of carbonyl (C=O) groups excluding carboxylic acids is 2. The number of aromatic nitrogens is 2. The molecule has 0 radical (unpaired) electrons. The van der Waals surface area contributed by atoms with Gasteiger partial charge in [-0.05, 0) is 23.8 Å². The van der Waals surface area contributed by atoms with Crippen LogP contribution in [-0.4, -0.2) is 42.0 Å². The summed E-state index contributed by atoms with van der Waals surface area (Å²) in [5, 5.41) is 14.4. The van der Waals surface area contributed by atoms with Gasteiger partial charge in [0, 0.05) is 17.6 Å². The van der Waals surface area contributed by atoms with E-state index in [0.717, 1.165) is 5.56 Å². The van der Waals surface area contributed by atoms with Crippen LogP contribution in [0.25, 0.3) is 0 Å². The van der Waals surface area contributed by atoms with Crippen LogP contribution in [0.2, 0.25) is 5.02 Å². The van der Waals surface area contributed by atoms with E-state index in [-0.39, 0.29) is 17.6 Å². The lowest BCUT2D eigenvalue weighted by Crippen LogP contribution is -2.24. The van der Waals surface area contributed by atoms with Gasteiger partial charge in [0.15, 0.2) is 4.34 Å². The zero-order valence-electron chi connectivity index (χ0n) is 16.7. The molecule has 0 aliphatic rings. The van der Waals surface area contributed by atoms with Crippen LogP contribution in [-0.2, 0) is 11.3 Å². The molecule has 2 N–H and O–H groups in total. The predicted molar refractivity (Wildman–Crippen MR) is 121 cm³/mol. The molecule has 2 amide bonds. The van der Waals surface area contributed by atoms with Crippen LogP contribution in [0.15, 0.2) is 46.8 Å². The van der Waals surface area contributed by atoms with E-state index in [9.17, 15) is 9.59 Å². The van der Waals surface area contributed by atoms with E-state index in [4.69, 9.17) is 21.1 Å². The van der Waals surface area contributed by atoms with Gasteiger partial charge in [0.2, 0.25) is 11.0 Å². The SMILES string of the molecule is COc1ccc(C(=O)Nc2nnc(SCC(=O)NCc3ccccc3Cl)s2)c(OC)c1. The first kappa shape index (κ1) is 22.9. The Morgan fingerprint density at radius 3 is 2.68 bits per heavy atom. The average molecular weight is 479 g/mol. The van der Waals surface area contributed by atoms with Gasteiger partial charge in [0.05, 0.1) is 25.5 Å². The molecular formula is C20H19ClN4O4S2. The Balaban J connectivity index is 1.51. The van der Waals surface area contributed by atoms with E-state index in [1.54, 1.807) is 24.3 Å². The minimum atomic E-state index is -0.385. The molecule has 31 heavy (non-hydrogen) atoms. The van der Waals surface area contributed by atoms with Crippen molar-refractivity contribution in [3.05, 3.63) is 58.6 Å². The molecule has 0 aliphatic carbocycles. The number of ether oxygens (including phenoxy) is 2. The summed E-state index contributed by atoms with van der Waals surface area (Å²) >= 11 is 8.49. The summed E-state index contributed by atoms with van der Waals surface area (Å²) in [6.45, 7) is 0.347. The Bertz CT molecular complexity index is 1080. The first-order valence-electron chi connectivity index (χ1n) is 9.00. The van der Waals surface area contributed by atoms with Crippen LogP contribution in [0.4, 0.5) is 5.13 Å². The summed E-state index contributed by atoms with van der Waals surface area (Å²) in [5.41, 5.74) is 1.18. The summed E-state index contributed by atoms with van der Waals surface area (Å²) in [7, 11) is 3.01. The third-order valence-corrected chi connectivity index (χ3v) is 6.38. The molecule has 162 valence electrons. The van der Waals surface area contributed by atoms with Gasteiger partial charge in [-0.25, -0.2) is 0 Å². The zero-order chi connectivity index (χ0) is 22.2. The Morgan fingerprint density at radius 1 is 1.13 bits per heavy atom. The molecule has 11 heteroatoms. The minimum absolute atomic E-state index is 0.159. The van der Waals surface area contributed by atoms with Crippen molar-refractivity contribution in [2.75, 3.05) is 25.3 Å². The lowest BCUT2D eigenvalue weighted by Gasteiger charge is -2.09. The number of thioether (sulfide) groups is 1. The molecule has 0 fully saturated rings. The van der Waals surface area contributed by atoms with Crippen molar-refractivity contribution in [3.63, 3.8) is 0 Å². The summed E-state index contributed by atoms with van der Waals surface area (Å²) in [6.07, 6.45) is 0. The van der Waals surface area contributed by atoms with Crippen molar-refractivity contribution < 1.29 is 19.1 Å². The molecular weight excluding hydrogens is 460 g/mol. The molecule has 1 aromatic heterocycles. The monoisotopic (exact) mass is 478 g/mol. The first-order valence-corrected chi connectivity index (χ1v) is 11.2. The van der Waals surface area contributed by atoms with Gasteiger partial charge in [0.25, 0.3) is 5.91 Å². The molecule has 0 saturated carbocycles. The molecule has 0 saturated heterocycles. The van der Waals surface area contributed by atoms with E-state index >= 15 is 0 Å². The van der Waals surface area contributed by atoms with Gasteiger partial charge in [-0.2, -0.15) is 0 Å². The second kappa shape index (κ2) is 11.0. The maximum Gasteiger partial charge on any atom is 0.261 e. The van der Waals surface area contributed by atoms with Crippen LogP contribution in [0.1, 0.15) is 15.9 Å². The molecule has 3 aromatic rings. The molecule has 3 rings (SSSR count). The molecule has 0 spiro atoms. The van der Waals surface area contributed by atoms with Crippen LogP contribution in [0, 0.1) is 0 Å². The second-order valence-electron chi connectivity index (χ2n) is 6.05. The predicted octanol–water partition coefficient (Wildman–Crippen LogP) is 3.87. The highest BCUT2D eigenvalue weighted by Crippen LogP contribution is 2.28. The Labute approximate surface area is 192 Å². The molecule has 0 atom stereocenters. The molecule has 0 aliphatic heterocycles. The van der Waals surface area contributed by atoms with Gasteiger partial charge in [-0.3, -0.25) is 14.9 Å². The number of nitrogens with zero attached hydrogens (tertiary/aromatic N) is 2. The number of methoxy groups -OCH3 is 2. The zero-order valence-corrected chi connectivity index (χ0v) is 19.1.